The van der Waals surface area contributed by atoms with Gasteiger partial charge in [-0.3, -0.25) is 9.48 Å². The Labute approximate surface area is 174 Å². The van der Waals surface area contributed by atoms with Crippen LogP contribution in [-0.4, -0.2) is 28.3 Å². The number of carbonyl (C=O) groups is 2. The summed E-state index contributed by atoms with van der Waals surface area (Å²) in [6.45, 7) is 2.10. The number of fused-ring (bicyclic) bond motifs is 1. The summed E-state index contributed by atoms with van der Waals surface area (Å²) in [7, 11) is 1.06. The fourth-order valence-corrected chi connectivity index (χ4v) is 4.88. The van der Waals surface area contributed by atoms with Crippen LogP contribution in [0, 0.1) is 0 Å². The van der Waals surface area contributed by atoms with Crippen LogP contribution in [0.3, 0.4) is 0 Å². The van der Waals surface area contributed by atoms with Crippen LogP contribution in [0.4, 0.5) is 18.2 Å². The number of anilines is 1. The Morgan fingerprint density at radius 1 is 1.31 bits per heavy atom. The highest BCUT2D eigenvalue weighted by molar-refractivity contribution is 7.17. The smallest absolute Gasteiger partial charge is 0.434 e. The summed E-state index contributed by atoms with van der Waals surface area (Å²) in [5.74, 6) is -1.46. The van der Waals surface area contributed by atoms with Crippen LogP contribution in [0.25, 0.3) is 0 Å². The molecule has 0 fully saturated rings. The van der Waals surface area contributed by atoms with Gasteiger partial charge in [-0.25, -0.2) is 4.79 Å². The van der Waals surface area contributed by atoms with Crippen molar-refractivity contribution in [2.45, 2.75) is 45.2 Å². The van der Waals surface area contributed by atoms with Crippen molar-refractivity contribution in [3.8, 4) is 0 Å². The number of halogens is 4. The molecule has 1 N–H and O–H groups in total. The Balaban J connectivity index is 1.95. The molecule has 2 heterocycles. The lowest BCUT2D eigenvalue weighted by molar-refractivity contribution is -0.143. The monoisotopic (exact) mass is 449 g/mol. The van der Waals surface area contributed by atoms with Crippen molar-refractivity contribution in [1.82, 2.24) is 9.78 Å². The molecule has 0 saturated heterocycles. The molecule has 6 nitrogen and oxygen atoms in total. The summed E-state index contributed by atoms with van der Waals surface area (Å²) in [6, 6.07) is 0. The summed E-state index contributed by atoms with van der Waals surface area (Å²) >= 11 is 7.03. The number of amides is 1. The van der Waals surface area contributed by atoms with Crippen LogP contribution in [-0.2, 0) is 30.8 Å². The number of ether oxygens (including phenoxy) is 1. The molecule has 1 amide bonds. The second-order valence-electron chi connectivity index (χ2n) is 6.64. The van der Waals surface area contributed by atoms with Crippen molar-refractivity contribution in [3.63, 3.8) is 0 Å². The number of aryl methyl sites for hydroxylation is 2. The molecule has 29 heavy (non-hydrogen) atoms. The minimum atomic E-state index is -4.76. The van der Waals surface area contributed by atoms with E-state index in [1.807, 2.05) is 6.92 Å². The molecule has 11 heteroatoms. The Hall–Kier alpha value is -2.07. The number of aromatic nitrogens is 2. The van der Waals surface area contributed by atoms with E-state index in [0.29, 0.717) is 17.5 Å². The van der Waals surface area contributed by atoms with Crippen molar-refractivity contribution in [3.05, 3.63) is 32.4 Å². The van der Waals surface area contributed by atoms with Crippen molar-refractivity contribution < 1.29 is 27.5 Å². The molecule has 0 spiro atoms. The fourth-order valence-electron chi connectivity index (χ4n) is 3.25. The van der Waals surface area contributed by atoms with E-state index in [-0.39, 0.29) is 17.2 Å². The Morgan fingerprint density at radius 2 is 2.00 bits per heavy atom. The fraction of sp³-hybridized carbons (Fsp3) is 0.500. The number of rotatable bonds is 5. The van der Waals surface area contributed by atoms with E-state index < -0.39 is 34.5 Å². The molecular weight excluding hydrogens is 431 g/mol. The predicted octanol–water partition coefficient (Wildman–Crippen LogP) is 4.85. The largest absolute Gasteiger partial charge is 0.462 e. The quantitative estimate of drug-likeness (QED) is 0.662. The maximum absolute atomic E-state index is 13.1. The van der Waals surface area contributed by atoms with Gasteiger partial charge in [0.25, 0.3) is 5.91 Å². The zero-order chi connectivity index (χ0) is 21.3. The highest BCUT2D eigenvalue weighted by atomic mass is 35.5. The first-order valence-corrected chi connectivity index (χ1v) is 10.3. The minimum absolute atomic E-state index is 0.234. The summed E-state index contributed by atoms with van der Waals surface area (Å²) in [5, 5.41) is 5.61. The molecule has 0 atom stereocenters. The second-order valence-corrected chi connectivity index (χ2v) is 8.12. The third-order valence-electron chi connectivity index (χ3n) is 4.51. The molecule has 0 aliphatic heterocycles. The van der Waals surface area contributed by atoms with Crippen LogP contribution < -0.4 is 5.32 Å². The Kier molecular flexibility index (Phi) is 6.23. The van der Waals surface area contributed by atoms with Crippen molar-refractivity contribution in [2.75, 3.05) is 11.9 Å². The molecular formula is C18H19ClF3N3O3S. The molecule has 0 aromatic carbocycles. The molecule has 0 bridgehead atoms. The highest BCUT2D eigenvalue weighted by Gasteiger charge is 2.40. The highest BCUT2D eigenvalue weighted by Crippen LogP contribution is 2.40. The standard InChI is InChI=1S/C18H19ClF3N3O3S/c1-3-8-28-17(27)11-9-6-4-5-7-10(9)29-16(11)23-15(26)13-12(19)14(18(20,21)22)25(2)24-13/h3-8H2,1-2H3,(H,23,26). The number of nitrogens with one attached hydrogen (secondary N) is 1. The third kappa shape index (κ3) is 4.28. The first-order valence-electron chi connectivity index (χ1n) is 9.07. The number of esters is 1. The van der Waals surface area contributed by atoms with Crippen LogP contribution in [0.5, 0.6) is 0 Å². The first-order chi connectivity index (χ1) is 13.6. The first kappa shape index (κ1) is 21.6. The van der Waals surface area contributed by atoms with Gasteiger partial charge in [0.1, 0.15) is 10.0 Å². The zero-order valence-electron chi connectivity index (χ0n) is 15.8. The number of hydrogen-bond donors (Lipinski definition) is 1. The third-order valence-corrected chi connectivity index (χ3v) is 6.08. The predicted molar refractivity (Wildman–Crippen MR) is 103 cm³/mol. The average Bonchev–Trinajstić information content (AvgIpc) is 3.15. The number of hydrogen-bond acceptors (Lipinski definition) is 5. The molecule has 0 radical (unpaired) electrons. The van der Waals surface area contributed by atoms with Gasteiger partial charge in [0.15, 0.2) is 11.4 Å². The Morgan fingerprint density at radius 3 is 2.62 bits per heavy atom. The maximum Gasteiger partial charge on any atom is 0.434 e. The van der Waals surface area contributed by atoms with Crippen LogP contribution in [0.2, 0.25) is 5.02 Å². The number of thiophene rings is 1. The van der Waals surface area contributed by atoms with E-state index in [1.165, 1.54) is 11.3 Å². The normalized spacial score (nSPS) is 13.9. The Bertz CT molecular complexity index is 953. The number of nitrogens with zero attached hydrogens (tertiary/aromatic N) is 2. The average molecular weight is 450 g/mol. The van der Waals surface area contributed by atoms with Crippen LogP contribution >= 0.6 is 22.9 Å². The summed E-state index contributed by atoms with van der Waals surface area (Å²) in [6.07, 6.45) is -0.789. The van der Waals surface area contributed by atoms with Crippen molar-refractivity contribution >= 4 is 39.8 Å². The van der Waals surface area contributed by atoms with Crippen molar-refractivity contribution in [1.29, 1.82) is 0 Å². The van der Waals surface area contributed by atoms with Crippen LogP contribution in [0.15, 0.2) is 0 Å². The van der Waals surface area contributed by atoms with E-state index in [2.05, 4.69) is 10.4 Å². The van der Waals surface area contributed by atoms with Gasteiger partial charge in [-0.05, 0) is 37.7 Å². The summed E-state index contributed by atoms with van der Waals surface area (Å²) in [4.78, 5) is 26.2. The van der Waals surface area contributed by atoms with E-state index >= 15 is 0 Å². The lowest BCUT2D eigenvalue weighted by Crippen LogP contribution is -2.17. The van der Waals surface area contributed by atoms with E-state index in [0.717, 1.165) is 36.8 Å². The lowest BCUT2D eigenvalue weighted by Gasteiger charge is -2.12. The maximum atomic E-state index is 13.1. The molecule has 0 unspecified atom stereocenters. The van der Waals surface area contributed by atoms with E-state index in [9.17, 15) is 22.8 Å². The zero-order valence-corrected chi connectivity index (χ0v) is 17.4. The van der Waals surface area contributed by atoms with E-state index in [4.69, 9.17) is 16.3 Å². The van der Waals surface area contributed by atoms with Gasteiger partial charge in [-0.1, -0.05) is 18.5 Å². The number of carbonyl (C=O) groups excluding carboxylic acids is 2. The molecule has 158 valence electrons. The lowest BCUT2D eigenvalue weighted by atomic mass is 9.95. The van der Waals surface area contributed by atoms with Gasteiger partial charge in [0, 0.05) is 11.9 Å². The summed E-state index contributed by atoms with van der Waals surface area (Å²) in [5.41, 5.74) is -0.659. The van der Waals surface area contributed by atoms with Gasteiger partial charge < -0.3 is 10.1 Å². The van der Waals surface area contributed by atoms with Gasteiger partial charge in [-0.15, -0.1) is 11.3 Å². The molecule has 3 rings (SSSR count). The van der Waals surface area contributed by atoms with Gasteiger partial charge in [0.05, 0.1) is 12.2 Å². The molecule has 1 aliphatic rings. The van der Waals surface area contributed by atoms with Crippen molar-refractivity contribution in [2.24, 2.45) is 7.05 Å². The molecule has 2 aromatic heterocycles. The van der Waals surface area contributed by atoms with Gasteiger partial charge in [-0.2, -0.15) is 18.3 Å². The summed E-state index contributed by atoms with van der Waals surface area (Å²) < 4.78 is 45.1. The SMILES string of the molecule is CCCOC(=O)c1c(NC(=O)c2nn(C)c(C(F)(F)F)c2Cl)sc2c1CCCC2. The molecule has 2 aromatic rings. The second kappa shape index (κ2) is 8.35. The molecule has 1 aliphatic carbocycles. The minimum Gasteiger partial charge on any atom is -0.462 e. The topological polar surface area (TPSA) is 73.2 Å². The number of alkyl halides is 3. The molecule has 0 saturated carbocycles. The van der Waals surface area contributed by atoms with Crippen LogP contribution in [0.1, 0.15) is 63.2 Å². The van der Waals surface area contributed by atoms with Gasteiger partial charge in [0.2, 0.25) is 0 Å². The van der Waals surface area contributed by atoms with Gasteiger partial charge >= 0.3 is 12.1 Å². The van der Waals surface area contributed by atoms with E-state index in [1.54, 1.807) is 0 Å².